The number of nitrogens with one attached hydrogen (secondary N) is 1. The number of hydrogen-bond acceptors (Lipinski definition) is 8. The van der Waals surface area contributed by atoms with Gasteiger partial charge in [0.15, 0.2) is 33.9 Å². The van der Waals surface area contributed by atoms with Crippen molar-refractivity contribution in [3.63, 3.8) is 0 Å². The van der Waals surface area contributed by atoms with Gasteiger partial charge in [-0.2, -0.15) is 0 Å². The number of ether oxygens (including phenoxy) is 4. The lowest BCUT2D eigenvalue weighted by atomic mass is 10.1. The van der Waals surface area contributed by atoms with Gasteiger partial charge in [-0.15, -0.1) is 0 Å². The first-order chi connectivity index (χ1) is 18.3. The van der Waals surface area contributed by atoms with Crippen LogP contribution in [0.5, 0.6) is 23.0 Å². The van der Waals surface area contributed by atoms with Gasteiger partial charge in [0.1, 0.15) is 0 Å². The molecule has 0 bridgehead atoms. The number of anilines is 2. The van der Waals surface area contributed by atoms with Crippen LogP contribution in [0.25, 0.3) is 6.08 Å². The van der Waals surface area contributed by atoms with Crippen LogP contribution in [-0.2, 0) is 9.59 Å². The summed E-state index contributed by atoms with van der Waals surface area (Å²) in [6, 6.07) is 16.2. The molecule has 3 aromatic rings. The Balaban J connectivity index is 1.27. The number of benzene rings is 3. The van der Waals surface area contributed by atoms with E-state index in [1.54, 1.807) is 42.5 Å². The molecule has 10 heteroatoms. The molecule has 1 fully saturated rings. The molecule has 3 aromatic carbocycles. The van der Waals surface area contributed by atoms with Crippen molar-refractivity contribution in [1.82, 2.24) is 0 Å². The molecule has 2 heterocycles. The molecule has 0 saturated carbocycles. The monoisotopic (exact) mass is 548 g/mol. The highest BCUT2D eigenvalue weighted by Gasteiger charge is 2.34. The molecule has 0 atom stereocenters. The molecule has 0 unspecified atom stereocenters. The number of carbonyl (C=O) groups is 2. The standard InChI is InChI=1S/C28H24N2O6S2/c1-16-4-6-19(10-17(16)2)29-26(31)14-34-21-8-5-18(11-23(21)33-3)12-25-27(32)30(28(37)38-25)20-7-9-22-24(13-20)36-15-35-22/h4-13H,14-15H2,1-3H3,(H,29,31)/b25-12+. The van der Waals surface area contributed by atoms with Crippen LogP contribution in [0.4, 0.5) is 11.4 Å². The Morgan fingerprint density at radius 3 is 2.66 bits per heavy atom. The highest BCUT2D eigenvalue weighted by Crippen LogP contribution is 2.41. The van der Waals surface area contributed by atoms with Crippen molar-refractivity contribution in [3.05, 3.63) is 76.2 Å². The zero-order valence-corrected chi connectivity index (χ0v) is 22.5. The van der Waals surface area contributed by atoms with Gasteiger partial charge < -0.3 is 24.3 Å². The number of carbonyl (C=O) groups excluding carboxylic acids is 2. The maximum absolute atomic E-state index is 13.2. The topological polar surface area (TPSA) is 86.3 Å². The molecule has 8 nitrogen and oxygen atoms in total. The fraction of sp³-hybridized carbons (Fsp3) is 0.179. The number of fused-ring (bicyclic) bond motifs is 1. The lowest BCUT2D eigenvalue weighted by molar-refractivity contribution is -0.118. The average molecular weight is 549 g/mol. The largest absolute Gasteiger partial charge is 0.493 e. The van der Waals surface area contributed by atoms with E-state index in [0.717, 1.165) is 16.7 Å². The second kappa shape index (κ2) is 10.8. The minimum atomic E-state index is -0.286. The van der Waals surface area contributed by atoms with Crippen LogP contribution in [0.15, 0.2) is 59.5 Å². The van der Waals surface area contributed by atoms with Crippen molar-refractivity contribution in [3.8, 4) is 23.0 Å². The summed E-state index contributed by atoms with van der Waals surface area (Å²) in [5, 5.41) is 2.83. The summed E-state index contributed by atoms with van der Waals surface area (Å²) >= 11 is 6.69. The molecular formula is C28H24N2O6S2. The maximum atomic E-state index is 13.2. The predicted octanol–water partition coefficient (Wildman–Crippen LogP) is 5.46. The van der Waals surface area contributed by atoms with Gasteiger partial charge >= 0.3 is 0 Å². The zero-order valence-electron chi connectivity index (χ0n) is 20.9. The molecule has 1 saturated heterocycles. The van der Waals surface area contributed by atoms with Crippen LogP contribution in [0, 0.1) is 13.8 Å². The number of aryl methyl sites for hydroxylation is 2. The third kappa shape index (κ3) is 5.32. The van der Waals surface area contributed by atoms with Crippen molar-refractivity contribution in [2.75, 3.05) is 30.7 Å². The Labute approximate surface area is 229 Å². The van der Waals surface area contributed by atoms with Crippen LogP contribution in [0.1, 0.15) is 16.7 Å². The van der Waals surface area contributed by atoms with E-state index in [2.05, 4.69) is 5.32 Å². The summed E-state index contributed by atoms with van der Waals surface area (Å²) in [6.45, 7) is 3.97. The Morgan fingerprint density at radius 2 is 1.87 bits per heavy atom. The molecule has 0 radical (unpaired) electrons. The van der Waals surface area contributed by atoms with E-state index in [4.69, 9.17) is 31.2 Å². The molecule has 0 aliphatic carbocycles. The van der Waals surface area contributed by atoms with Crippen molar-refractivity contribution >= 4 is 57.6 Å². The van der Waals surface area contributed by atoms with Gasteiger partial charge in [-0.1, -0.05) is 36.1 Å². The number of thioether (sulfide) groups is 1. The van der Waals surface area contributed by atoms with Crippen molar-refractivity contribution in [2.45, 2.75) is 13.8 Å². The van der Waals surface area contributed by atoms with Gasteiger partial charge in [0.25, 0.3) is 11.8 Å². The van der Waals surface area contributed by atoms with E-state index < -0.39 is 0 Å². The fourth-order valence-corrected chi connectivity index (χ4v) is 5.22. The molecule has 1 N–H and O–H groups in total. The number of thiocarbonyl (C=S) groups is 1. The van der Waals surface area contributed by atoms with Crippen molar-refractivity contribution in [2.24, 2.45) is 0 Å². The van der Waals surface area contributed by atoms with E-state index in [1.807, 2.05) is 32.0 Å². The molecule has 2 aliphatic heterocycles. The van der Waals surface area contributed by atoms with Gasteiger partial charge in [0.2, 0.25) is 6.79 Å². The molecule has 194 valence electrons. The van der Waals surface area contributed by atoms with E-state index in [1.165, 1.54) is 23.8 Å². The smallest absolute Gasteiger partial charge is 0.270 e. The number of methoxy groups -OCH3 is 1. The fourth-order valence-electron chi connectivity index (χ4n) is 3.92. The summed E-state index contributed by atoms with van der Waals surface area (Å²) in [5.41, 5.74) is 4.29. The first kappa shape index (κ1) is 25.6. The first-order valence-electron chi connectivity index (χ1n) is 11.7. The molecule has 0 aromatic heterocycles. The van der Waals surface area contributed by atoms with Gasteiger partial charge in [0, 0.05) is 11.8 Å². The van der Waals surface area contributed by atoms with E-state index in [0.29, 0.717) is 43.6 Å². The number of hydrogen-bond donors (Lipinski definition) is 1. The van der Waals surface area contributed by atoms with E-state index in [9.17, 15) is 9.59 Å². The van der Waals surface area contributed by atoms with Gasteiger partial charge in [-0.05, 0) is 73.0 Å². The molecule has 2 aliphatic rings. The second-order valence-corrected chi connectivity index (χ2v) is 10.3. The Kier molecular flexibility index (Phi) is 7.26. The van der Waals surface area contributed by atoms with Crippen LogP contribution >= 0.6 is 24.0 Å². The third-order valence-corrected chi connectivity index (χ3v) is 7.35. The highest BCUT2D eigenvalue weighted by molar-refractivity contribution is 8.27. The Hall–Kier alpha value is -4.02. The minimum Gasteiger partial charge on any atom is -0.493 e. The first-order valence-corrected chi connectivity index (χ1v) is 12.9. The average Bonchev–Trinajstić information content (AvgIpc) is 3.48. The van der Waals surface area contributed by atoms with Crippen molar-refractivity contribution in [1.29, 1.82) is 0 Å². The van der Waals surface area contributed by atoms with Crippen LogP contribution in [0.3, 0.4) is 0 Å². The summed E-state index contributed by atoms with van der Waals surface area (Å²) in [4.78, 5) is 27.5. The van der Waals surface area contributed by atoms with Gasteiger partial charge in [0.05, 0.1) is 17.7 Å². The zero-order chi connectivity index (χ0) is 26.8. The highest BCUT2D eigenvalue weighted by atomic mass is 32.2. The Bertz CT molecular complexity index is 1490. The minimum absolute atomic E-state index is 0.149. The van der Waals surface area contributed by atoms with Crippen LogP contribution in [0.2, 0.25) is 0 Å². The van der Waals surface area contributed by atoms with E-state index >= 15 is 0 Å². The number of nitrogens with zero attached hydrogens (tertiary/aromatic N) is 1. The van der Waals surface area contributed by atoms with E-state index in [-0.39, 0.29) is 25.2 Å². The molecule has 0 spiro atoms. The third-order valence-electron chi connectivity index (χ3n) is 6.04. The maximum Gasteiger partial charge on any atom is 0.270 e. The molecule has 5 rings (SSSR count). The second-order valence-electron chi connectivity index (χ2n) is 8.60. The normalized spacial score (nSPS) is 15.2. The summed E-state index contributed by atoms with van der Waals surface area (Å²) in [6.07, 6.45) is 1.74. The number of rotatable bonds is 7. The van der Waals surface area contributed by atoms with Crippen LogP contribution < -0.4 is 29.2 Å². The quantitative estimate of drug-likeness (QED) is 0.308. The lowest BCUT2D eigenvalue weighted by Gasteiger charge is -2.14. The van der Waals surface area contributed by atoms with Gasteiger partial charge in [-0.25, -0.2) is 0 Å². The summed E-state index contributed by atoms with van der Waals surface area (Å²) < 4.78 is 22.4. The Morgan fingerprint density at radius 1 is 1.05 bits per heavy atom. The molecular weight excluding hydrogens is 524 g/mol. The van der Waals surface area contributed by atoms with Crippen molar-refractivity contribution < 1.29 is 28.5 Å². The molecule has 38 heavy (non-hydrogen) atoms. The molecule has 2 amide bonds. The summed E-state index contributed by atoms with van der Waals surface area (Å²) in [7, 11) is 1.51. The summed E-state index contributed by atoms with van der Waals surface area (Å²) in [5.74, 6) is 1.53. The van der Waals surface area contributed by atoms with Crippen LogP contribution in [-0.4, -0.2) is 36.6 Å². The number of amides is 2. The predicted molar refractivity (Wildman–Crippen MR) is 151 cm³/mol. The van der Waals surface area contributed by atoms with Gasteiger partial charge in [-0.3, -0.25) is 14.5 Å². The lowest BCUT2D eigenvalue weighted by Crippen LogP contribution is -2.27. The SMILES string of the molecule is COc1cc(/C=C2/SC(=S)N(c3ccc4c(c3)OCO4)C2=O)ccc1OCC(=O)Nc1ccc(C)c(C)c1.